The number of fused-ring (bicyclic) bond motifs is 1. The fraction of sp³-hybridized carbons (Fsp3) is 0.206. The minimum absolute atomic E-state index is 0.0494. The van der Waals surface area contributed by atoms with Crippen LogP contribution in [0.5, 0.6) is 5.88 Å². The Bertz CT molecular complexity index is 2110. The van der Waals surface area contributed by atoms with Crippen molar-refractivity contribution in [1.29, 1.82) is 0 Å². The van der Waals surface area contributed by atoms with Crippen LogP contribution in [-0.2, 0) is 25.1 Å². The second kappa shape index (κ2) is 11.4. The van der Waals surface area contributed by atoms with Gasteiger partial charge in [-0.3, -0.25) is 0 Å². The average Bonchev–Trinajstić information content (AvgIpc) is 3.44. The molecule has 232 valence electrons. The maximum absolute atomic E-state index is 15.7. The molecule has 3 aromatic carbocycles. The minimum Gasteiger partial charge on any atom is -0.478 e. The predicted molar refractivity (Wildman–Crippen MR) is 162 cm³/mol. The van der Waals surface area contributed by atoms with Gasteiger partial charge in [0, 0.05) is 36.4 Å². The summed E-state index contributed by atoms with van der Waals surface area (Å²) in [5, 5.41) is 17.7. The number of aryl methyl sites for hydroxylation is 1. The quantitative estimate of drug-likeness (QED) is 0.186. The smallest absolute Gasteiger partial charge is 0.335 e. The number of carboxylic acid groups (broad SMARTS) is 1. The predicted octanol–water partition coefficient (Wildman–Crippen LogP) is 6.47. The average molecular weight is 625 g/mol. The summed E-state index contributed by atoms with van der Waals surface area (Å²) in [5.74, 6) is -2.25. The number of imidazole rings is 1. The summed E-state index contributed by atoms with van der Waals surface area (Å²) in [4.78, 5) is 20.8. The molecular formula is C34H27F3N6O3. The largest absolute Gasteiger partial charge is 0.478 e. The van der Waals surface area contributed by atoms with Crippen molar-refractivity contribution in [2.45, 2.75) is 44.9 Å². The molecule has 0 saturated heterocycles. The Morgan fingerprint density at radius 1 is 0.957 bits per heavy atom. The maximum atomic E-state index is 15.7. The number of rotatable bonds is 10. The molecule has 0 amide bonds. The summed E-state index contributed by atoms with van der Waals surface area (Å²) in [5.41, 5.74) is 2.13. The molecule has 3 heterocycles. The molecule has 6 aromatic rings. The van der Waals surface area contributed by atoms with Crippen LogP contribution in [0, 0.1) is 24.4 Å². The first-order valence-electron chi connectivity index (χ1n) is 14.6. The highest BCUT2D eigenvalue weighted by atomic mass is 19.1. The second-order valence-electron chi connectivity index (χ2n) is 11.5. The number of nitrogens with zero attached hydrogens (tertiary/aromatic N) is 6. The van der Waals surface area contributed by atoms with E-state index in [4.69, 9.17) is 9.72 Å². The minimum atomic E-state index is -1.08. The van der Waals surface area contributed by atoms with Crippen molar-refractivity contribution in [1.82, 2.24) is 29.5 Å². The van der Waals surface area contributed by atoms with Crippen LogP contribution in [0.3, 0.4) is 0 Å². The number of ether oxygens (including phenoxy) is 1. The Balaban J connectivity index is 1.19. The van der Waals surface area contributed by atoms with Crippen molar-refractivity contribution in [3.63, 3.8) is 0 Å². The number of carbonyl (C=O) groups is 1. The van der Waals surface area contributed by atoms with Crippen molar-refractivity contribution in [2.24, 2.45) is 0 Å². The third kappa shape index (κ3) is 5.57. The molecule has 0 spiro atoms. The fourth-order valence-electron chi connectivity index (χ4n) is 5.63. The highest BCUT2D eigenvalue weighted by Gasteiger charge is 2.46. The number of aromatic carboxylic acids is 1. The van der Waals surface area contributed by atoms with E-state index in [1.165, 1.54) is 18.2 Å². The first kappa shape index (κ1) is 29.2. The van der Waals surface area contributed by atoms with Gasteiger partial charge in [-0.15, -0.1) is 5.10 Å². The molecule has 0 unspecified atom stereocenters. The normalized spacial score (nSPS) is 13.7. The Morgan fingerprint density at radius 2 is 1.78 bits per heavy atom. The van der Waals surface area contributed by atoms with Crippen molar-refractivity contribution >= 4 is 17.0 Å². The van der Waals surface area contributed by atoms with Crippen LogP contribution in [0.1, 0.15) is 45.7 Å². The molecule has 12 heteroatoms. The van der Waals surface area contributed by atoms with Gasteiger partial charge in [-0.25, -0.2) is 32.6 Å². The number of aromatic nitrogens is 6. The lowest BCUT2D eigenvalue weighted by Crippen LogP contribution is -2.25. The molecule has 0 aliphatic heterocycles. The van der Waals surface area contributed by atoms with E-state index in [1.54, 1.807) is 60.4 Å². The molecule has 1 aliphatic carbocycles. The van der Waals surface area contributed by atoms with E-state index in [1.807, 2.05) is 4.57 Å². The fourth-order valence-corrected chi connectivity index (χ4v) is 5.63. The maximum Gasteiger partial charge on any atom is 0.335 e. The van der Waals surface area contributed by atoms with Gasteiger partial charge in [0.25, 0.3) is 0 Å². The zero-order chi connectivity index (χ0) is 32.0. The van der Waals surface area contributed by atoms with Gasteiger partial charge in [0.15, 0.2) is 0 Å². The molecule has 0 bridgehead atoms. The molecule has 0 atom stereocenters. The van der Waals surface area contributed by atoms with Crippen LogP contribution in [0.2, 0.25) is 0 Å². The molecule has 1 aliphatic rings. The van der Waals surface area contributed by atoms with E-state index in [-0.39, 0.29) is 46.8 Å². The molecule has 3 aromatic heterocycles. The van der Waals surface area contributed by atoms with Crippen LogP contribution in [0.4, 0.5) is 13.2 Å². The summed E-state index contributed by atoms with van der Waals surface area (Å²) in [6, 6.07) is 16.3. The van der Waals surface area contributed by atoms with Crippen LogP contribution >= 0.6 is 0 Å². The SMILES string of the molecule is Cc1ccc(COc2cccc(-c3cc(F)c(Cc4nc5ccc(C(=O)O)cc5n4CC4(n5ccnn5)CC4)cc3F)n2)c(F)c1. The molecule has 1 fully saturated rings. The molecule has 9 nitrogen and oxygen atoms in total. The summed E-state index contributed by atoms with van der Waals surface area (Å²) >= 11 is 0. The number of hydrogen-bond acceptors (Lipinski definition) is 6. The van der Waals surface area contributed by atoms with E-state index in [0.29, 0.717) is 29.0 Å². The Morgan fingerprint density at radius 3 is 2.52 bits per heavy atom. The Hall–Kier alpha value is -5.52. The molecule has 7 rings (SSSR count). The van der Waals surface area contributed by atoms with Gasteiger partial charge < -0.3 is 14.4 Å². The van der Waals surface area contributed by atoms with Gasteiger partial charge in [0.2, 0.25) is 5.88 Å². The number of benzene rings is 3. The van der Waals surface area contributed by atoms with Gasteiger partial charge in [-0.1, -0.05) is 23.4 Å². The molecule has 1 N–H and O–H groups in total. The standard InChI is InChI=1S/C34H27F3N6O3/c1-20-5-6-22(25(35)13-20)18-46-32-4-2-3-28(40-32)24-17-26(36)23(14-27(24)37)16-31-39-29-8-7-21(33(44)45)15-30(29)42(31)19-34(9-10-34)43-12-11-38-41-43/h2-8,11-15,17H,9-10,16,18-19H2,1H3,(H,44,45). The highest BCUT2D eigenvalue weighted by Crippen LogP contribution is 2.45. The second-order valence-corrected chi connectivity index (χ2v) is 11.5. The highest BCUT2D eigenvalue weighted by molar-refractivity contribution is 5.92. The van der Waals surface area contributed by atoms with Crippen molar-refractivity contribution in [2.75, 3.05) is 0 Å². The lowest BCUT2D eigenvalue weighted by atomic mass is 10.0. The van der Waals surface area contributed by atoms with Gasteiger partial charge in [-0.05, 0) is 73.4 Å². The summed E-state index contributed by atoms with van der Waals surface area (Å²) in [6.45, 7) is 2.11. The van der Waals surface area contributed by atoms with Crippen LogP contribution in [0.15, 0.2) is 79.1 Å². The van der Waals surface area contributed by atoms with Gasteiger partial charge >= 0.3 is 5.97 Å². The lowest BCUT2D eigenvalue weighted by Gasteiger charge is -2.19. The zero-order valence-corrected chi connectivity index (χ0v) is 24.6. The van der Waals surface area contributed by atoms with Crippen molar-refractivity contribution in [3.05, 3.63) is 125 Å². The van der Waals surface area contributed by atoms with Crippen LogP contribution in [0.25, 0.3) is 22.3 Å². The molecular weight excluding hydrogens is 597 g/mol. The lowest BCUT2D eigenvalue weighted by molar-refractivity contribution is 0.0697. The van der Waals surface area contributed by atoms with E-state index in [9.17, 15) is 14.3 Å². The van der Waals surface area contributed by atoms with E-state index in [2.05, 4.69) is 15.3 Å². The molecule has 0 radical (unpaired) electrons. The van der Waals surface area contributed by atoms with Gasteiger partial charge in [0.1, 0.15) is 29.9 Å². The van der Waals surface area contributed by atoms with Crippen LogP contribution in [-0.4, -0.2) is 40.6 Å². The van der Waals surface area contributed by atoms with E-state index < -0.39 is 23.4 Å². The first-order valence-corrected chi connectivity index (χ1v) is 14.6. The number of halogens is 3. The van der Waals surface area contributed by atoms with Crippen LogP contribution < -0.4 is 4.74 Å². The van der Waals surface area contributed by atoms with Crippen molar-refractivity contribution in [3.8, 4) is 17.1 Å². The summed E-state index contributed by atoms with van der Waals surface area (Å²) < 4.78 is 54.8. The van der Waals surface area contributed by atoms with Gasteiger partial charge in [-0.2, -0.15) is 0 Å². The third-order valence-corrected chi connectivity index (χ3v) is 8.33. The monoisotopic (exact) mass is 624 g/mol. The Kier molecular flexibility index (Phi) is 7.26. The number of carboxylic acids is 1. The first-order chi connectivity index (χ1) is 22.2. The van der Waals surface area contributed by atoms with Crippen molar-refractivity contribution < 1.29 is 27.8 Å². The Labute approximate surface area is 260 Å². The molecule has 1 saturated carbocycles. The summed E-state index contributed by atoms with van der Waals surface area (Å²) in [6.07, 6.45) is 4.96. The number of hydrogen-bond donors (Lipinski definition) is 1. The topological polar surface area (TPSA) is 108 Å². The zero-order valence-electron chi connectivity index (χ0n) is 24.6. The molecule has 46 heavy (non-hydrogen) atoms. The summed E-state index contributed by atoms with van der Waals surface area (Å²) in [7, 11) is 0. The van der Waals surface area contributed by atoms with E-state index in [0.717, 1.165) is 30.5 Å². The van der Waals surface area contributed by atoms with E-state index >= 15 is 8.78 Å². The van der Waals surface area contributed by atoms with Gasteiger partial charge in [0.05, 0.1) is 34.0 Å². The number of pyridine rings is 1. The third-order valence-electron chi connectivity index (χ3n) is 8.33.